The van der Waals surface area contributed by atoms with Crippen LogP contribution >= 0.6 is 0 Å². The Bertz CT molecular complexity index is 977. The van der Waals surface area contributed by atoms with Crippen LogP contribution in [0.1, 0.15) is 24.1 Å². The summed E-state index contributed by atoms with van der Waals surface area (Å²) in [7, 11) is 0. The Kier molecular flexibility index (Phi) is 3.69. The van der Waals surface area contributed by atoms with Gasteiger partial charge in [0.15, 0.2) is 0 Å². The van der Waals surface area contributed by atoms with Crippen LogP contribution in [0.5, 0.6) is 5.75 Å². The fraction of sp³-hybridized carbons (Fsp3) is 0.318. The van der Waals surface area contributed by atoms with Gasteiger partial charge in [-0.05, 0) is 47.7 Å². The molecule has 1 saturated heterocycles. The number of benzene rings is 2. The molecule has 0 radical (unpaired) electrons. The normalized spacial score (nSPS) is 18.5. The molecule has 3 aromatic rings. The van der Waals surface area contributed by atoms with Crippen LogP contribution in [-0.2, 0) is 11.3 Å². The quantitative estimate of drug-likeness (QED) is 0.717. The number of ether oxygens (including phenoxy) is 2. The first-order valence-electron chi connectivity index (χ1n) is 9.25. The van der Waals surface area contributed by atoms with Gasteiger partial charge >= 0.3 is 0 Å². The third kappa shape index (κ3) is 2.66. The van der Waals surface area contributed by atoms with Crippen molar-refractivity contribution in [2.24, 2.45) is 0 Å². The van der Waals surface area contributed by atoms with Crippen molar-refractivity contribution in [2.75, 3.05) is 13.1 Å². The summed E-state index contributed by atoms with van der Waals surface area (Å²) in [6, 6.07) is 15.1. The van der Waals surface area contributed by atoms with Gasteiger partial charge in [0, 0.05) is 48.8 Å². The van der Waals surface area contributed by atoms with Crippen LogP contribution in [0.3, 0.4) is 0 Å². The fourth-order valence-electron chi connectivity index (χ4n) is 3.97. The number of nitrogens with zero attached hydrogens (tertiary/aromatic N) is 1. The van der Waals surface area contributed by atoms with Crippen LogP contribution in [-0.4, -0.2) is 23.9 Å². The number of hydrogen-bond donors (Lipinski definition) is 1. The molecule has 1 spiro atoms. The van der Waals surface area contributed by atoms with E-state index in [-0.39, 0.29) is 0 Å². The average Bonchev–Trinajstić information content (AvgIpc) is 2.68. The van der Waals surface area contributed by atoms with E-state index in [1.54, 1.807) is 0 Å². The number of aromatic nitrogens is 1. The SMILES string of the molecule is Cc1nccc2cc(-c3ccc4c(c3)COC3(CCNCC3)O4)ccc12. The standard InChI is InChI=1S/C22H22N2O2/c1-15-20-4-2-16(12-18(20)6-9-24-15)17-3-5-21-19(13-17)14-25-22(26-21)7-10-23-11-8-22/h2-6,9,12-13,23H,7-8,10-11,14H2,1H3. The van der Waals surface area contributed by atoms with Crippen LogP contribution in [0, 0.1) is 6.92 Å². The maximum atomic E-state index is 6.27. The highest BCUT2D eigenvalue weighted by molar-refractivity contribution is 5.88. The molecule has 1 N–H and O–H groups in total. The summed E-state index contributed by atoms with van der Waals surface area (Å²) >= 11 is 0. The lowest BCUT2D eigenvalue weighted by molar-refractivity contribution is -0.218. The molecule has 0 amide bonds. The number of piperidine rings is 1. The number of fused-ring (bicyclic) bond motifs is 2. The van der Waals surface area contributed by atoms with Crippen molar-refractivity contribution in [2.45, 2.75) is 32.2 Å². The van der Waals surface area contributed by atoms with Crippen LogP contribution in [0.4, 0.5) is 0 Å². The molecule has 26 heavy (non-hydrogen) atoms. The molecule has 132 valence electrons. The van der Waals surface area contributed by atoms with Crippen LogP contribution in [0.25, 0.3) is 21.9 Å². The molecule has 1 aromatic heterocycles. The van der Waals surface area contributed by atoms with E-state index < -0.39 is 5.79 Å². The van der Waals surface area contributed by atoms with Crippen molar-refractivity contribution in [1.29, 1.82) is 0 Å². The first-order chi connectivity index (χ1) is 12.7. The Labute approximate surface area is 153 Å². The van der Waals surface area contributed by atoms with Crippen molar-refractivity contribution >= 4 is 10.8 Å². The van der Waals surface area contributed by atoms with Gasteiger partial charge in [-0.1, -0.05) is 18.2 Å². The van der Waals surface area contributed by atoms with E-state index in [2.05, 4.69) is 52.8 Å². The third-order valence-corrected chi connectivity index (χ3v) is 5.51. The molecular formula is C22H22N2O2. The molecule has 4 heteroatoms. The molecule has 2 aromatic carbocycles. The van der Waals surface area contributed by atoms with Gasteiger partial charge in [0.05, 0.1) is 6.61 Å². The smallest absolute Gasteiger partial charge is 0.213 e. The van der Waals surface area contributed by atoms with E-state index in [1.165, 1.54) is 21.9 Å². The van der Waals surface area contributed by atoms with Gasteiger partial charge in [0.2, 0.25) is 5.79 Å². The summed E-state index contributed by atoms with van der Waals surface area (Å²) in [4.78, 5) is 4.37. The van der Waals surface area contributed by atoms with Gasteiger partial charge in [-0.3, -0.25) is 4.98 Å². The number of pyridine rings is 1. The van der Waals surface area contributed by atoms with E-state index in [1.807, 2.05) is 13.1 Å². The predicted octanol–water partition coefficient (Wildman–Crippen LogP) is 4.20. The molecule has 4 nitrogen and oxygen atoms in total. The van der Waals surface area contributed by atoms with Crippen molar-refractivity contribution in [3.05, 3.63) is 59.9 Å². The molecule has 0 saturated carbocycles. The van der Waals surface area contributed by atoms with Gasteiger partial charge in [-0.25, -0.2) is 0 Å². The summed E-state index contributed by atoms with van der Waals surface area (Å²) in [5.41, 5.74) is 4.58. The molecule has 2 aliphatic rings. The predicted molar refractivity (Wildman–Crippen MR) is 102 cm³/mol. The van der Waals surface area contributed by atoms with E-state index in [9.17, 15) is 0 Å². The number of hydrogen-bond acceptors (Lipinski definition) is 4. The fourth-order valence-corrected chi connectivity index (χ4v) is 3.97. The zero-order valence-corrected chi connectivity index (χ0v) is 14.9. The molecular weight excluding hydrogens is 324 g/mol. The number of aryl methyl sites for hydroxylation is 1. The molecule has 1 fully saturated rings. The monoisotopic (exact) mass is 346 g/mol. The second kappa shape index (κ2) is 6.08. The zero-order chi connectivity index (χ0) is 17.6. The maximum absolute atomic E-state index is 6.27. The van der Waals surface area contributed by atoms with Gasteiger partial charge < -0.3 is 14.8 Å². The summed E-state index contributed by atoms with van der Waals surface area (Å²) < 4.78 is 12.4. The largest absolute Gasteiger partial charge is 0.462 e. The second-order valence-corrected chi connectivity index (χ2v) is 7.21. The topological polar surface area (TPSA) is 43.4 Å². The zero-order valence-electron chi connectivity index (χ0n) is 14.9. The highest BCUT2D eigenvalue weighted by atomic mass is 16.7. The molecule has 3 heterocycles. The Hall–Kier alpha value is -2.43. The van der Waals surface area contributed by atoms with E-state index in [0.29, 0.717) is 6.61 Å². The van der Waals surface area contributed by atoms with Crippen LogP contribution < -0.4 is 10.1 Å². The minimum Gasteiger partial charge on any atom is -0.462 e. The molecule has 0 bridgehead atoms. The van der Waals surface area contributed by atoms with E-state index in [4.69, 9.17) is 9.47 Å². The minimum atomic E-state index is -0.437. The third-order valence-electron chi connectivity index (χ3n) is 5.51. The summed E-state index contributed by atoms with van der Waals surface area (Å²) in [5.74, 6) is 0.524. The Morgan fingerprint density at radius 2 is 1.81 bits per heavy atom. The van der Waals surface area contributed by atoms with Gasteiger partial charge in [-0.15, -0.1) is 0 Å². The molecule has 2 aliphatic heterocycles. The summed E-state index contributed by atoms with van der Waals surface area (Å²) in [6.07, 6.45) is 3.66. The van der Waals surface area contributed by atoms with Crippen LogP contribution in [0.2, 0.25) is 0 Å². The Balaban J connectivity index is 1.49. The highest BCUT2D eigenvalue weighted by Crippen LogP contribution is 2.38. The average molecular weight is 346 g/mol. The lowest BCUT2D eigenvalue weighted by atomic mass is 9.98. The van der Waals surface area contributed by atoms with Gasteiger partial charge in [-0.2, -0.15) is 0 Å². The second-order valence-electron chi connectivity index (χ2n) is 7.21. The lowest BCUT2D eigenvalue weighted by Crippen LogP contribution is -2.49. The van der Waals surface area contributed by atoms with Gasteiger partial charge in [0.1, 0.15) is 5.75 Å². The van der Waals surface area contributed by atoms with Crippen LogP contribution in [0.15, 0.2) is 48.7 Å². The van der Waals surface area contributed by atoms with Crippen molar-refractivity contribution < 1.29 is 9.47 Å². The molecule has 0 atom stereocenters. The lowest BCUT2D eigenvalue weighted by Gasteiger charge is -2.41. The summed E-state index contributed by atoms with van der Waals surface area (Å²) in [5, 5.41) is 5.78. The molecule has 5 rings (SSSR count). The molecule has 0 aliphatic carbocycles. The number of nitrogens with one attached hydrogen (secondary N) is 1. The Morgan fingerprint density at radius 3 is 2.69 bits per heavy atom. The molecule has 0 unspecified atom stereocenters. The Morgan fingerprint density at radius 1 is 1.00 bits per heavy atom. The van der Waals surface area contributed by atoms with Crippen molar-refractivity contribution in [3.63, 3.8) is 0 Å². The van der Waals surface area contributed by atoms with E-state index >= 15 is 0 Å². The summed E-state index contributed by atoms with van der Waals surface area (Å²) in [6.45, 7) is 4.55. The number of rotatable bonds is 1. The minimum absolute atomic E-state index is 0.437. The van der Waals surface area contributed by atoms with E-state index in [0.717, 1.165) is 42.9 Å². The van der Waals surface area contributed by atoms with Gasteiger partial charge in [0.25, 0.3) is 0 Å². The highest BCUT2D eigenvalue weighted by Gasteiger charge is 2.38. The van der Waals surface area contributed by atoms with Crippen molar-refractivity contribution in [3.8, 4) is 16.9 Å². The maximum Gasteiger partial charge on any atom is 0.213 e. The van der Waals surface area contributed by atoms with Crippen molar-refractivity contribution in [1.82, 2.24) is 10.3 Å². The first kappa shape index (κ1) is 15.8. The first-order valence-corrected chi connectivity index (χ1v) is 9.25.